The zero-order valence-corrected chi connectivity index (χ0v) is 12.9. The van der Waals surface area contributed by atoms with E-state index in [1.165, 1.54) is 18.2 Å². The maximum absolute atomic E-state index is 13.3. The van der Waals surface area contributed by atoms with E-state index in [-0.39, 0.29) is 0 Å². The maximum atomic E-state index is 13.3. The second kappa shape index (κ2) is 6.29. The van der Waals surface area contributed by atoms with Gasteiger partial charge in [0, 0.05) is 0 Å². The van der Waals surface area contributed by atoms with Crippen molar-refractivity contribution < 1.29 is 52.7 Å². The standard InChI is InChI=1S/C15H5F12N/c16-12(17,18)8(6-28-7-4-2-1-3-5-7)11(15(25,26)27)9(13(19,20)21)10(11)14(22,23)24/h1-5H. The van der Waals surface area contributed by atoms with Gasteiger partial charge in [-0.25, -0.2) is 4.99 Å². The highest BCUT2D eigenvalue weighted by Gasteiger charge is 2.86. The minimum atomic E-state index is -6.60. The third-order valence-electron chi connectivity index (χ3n) is 3.64. The van der Waals surface area contributed by atoms with Crippen molar-refractivity contribution in [3.8, 4) is 0 Å². The van der Waals surface area contributed by atoms with E-state index in [9.17, 15) is 52.7 Å². The first kappa shape index (κ1) is 21.9. The molecule has 0 radical (unpaired) electrons. The molecule has 1 aliphatic rings. The highest BCUT2D eigenvalue weighted by Crippen LogP contribution is 2.75. The van der Waals surface area contributed by atoms with E-state index in [0.29, 0.717) is 0 Å². The second-order valence-electron chi connectivity index (χ2n) is 5.43. The van der Waals surface area contributed by atoms with E-state index in [1.807, 2.05) is 0 Å². The molecule has 0 spiro atoms. The highest BCUT2D eigenvalue weighted by atomic mass is 19.4. The van der Waals surface area contributed by atoms with Crippen molar-refractivity contribution in [2.45, 2.75) is 24.7 Å². The minimum absolute atomic E-state index is 0.468. The Morgan fingerprint density at radius 2 is 1.14 bits per heavy atom. The molecular formula is C15H5F12N. The first-order valence-electron chi connectivity index (χ1n) is 6.88. The van der Waals surface area contributed by atoms with Gasteiger partial charge in [-0.1, -0.05) is 18.2 Å². The van der Waals surface area contributed by atoms with Gasteiger partial charge < -0.3 is 0 Å². The van der Waals surface area contributed by atoms with Gasteiger partial charge in [-0.15, -0.1) is 0 Å². The van der Waals surface area contributed by atoms with Crippen LogP contribution in [0.4, 0.5) is 58.4 Å². The smallest absolute Gasteiger partial charge is 0.206 e. The molecule has 13 heteroatoms. The lowest BCUT2D eigenvalue weighted by Crippen LogP contribution is -2.41. The normalized spacial score (nSPS) is 17.3. The summed E-state index contributed by atoms with van der Waals surface area (Å²) in [5.74, 6) is 0.744. The number of aliphatic imine (C=N–C) groups is 1. The summed E-state index contributed by atoms with van der Waals surface area (Å²) in [6.07, 6.45) is -25.5. The number of alkyl halides is 12. The molecule has 1 nitrogen and oxygen atoms in total. The lowest BCUT2D eigenvalue weighted by molar-refractivity contribution is -0.211. The number of halogens is 12. The zero-order valence-electron chi connectivity index (χ0n) is 12.9. The summed E-state index contributed by atoms with van der Waals surface area (Å²) in [6, 6.07) is 5.58. The van der Waals surface area contributed by atoms with Crippen molar-refractivity contribution in [2.24, 2.45) is 10.4 Å². The Bertz CT molecular complexity index is 818. The van der Waals surface area contributed by atoms with Crippen molar-refractivity contribution >= 4 is 11.6 Å². The average Bonchev–Trinajstić information content (AvgIpc) is 3.19. The second-order valence-corrected chi connectivity index (χ2v) is 5.43. The molecule has 0 atom stereocenters. The van der Waals surface area contributed by atoms with Gasteiger partial charge in [0.2, 0.25) is 0 Å². The Morgan fingerprint density at radius 3 is 1.46 bits per heavy atom. The fourth-order valence-electron chi connectivity index (χ4n) is 2.65. The molecule has 0 aliphatic heterocycles. The first-order valence-corrected chi connectivity index (χ1v) is 6.88. The van der Waals surface area contributed by atoms with Gasteiger partial charge in [-0.3, -0.25) is 0 Å². The van der Waals surface area contributed by atoms with Gasteiger partial charge in [0.05, 0.1) is 16.8 Å². The number of rotatable bonds is 2. The molecule has 0 saturated carbocycles. The zero-order chi connectivity index (χ0) is 21.8. The Labute approximate surface area is 147 Å². The van der Waals surface area contributed by atoms with Crippen molar-refractivity contribution in [2.75, 3.05) is 0 Å². The Kier molecular flexibility index (Phi) is 4.91. The summed E-state index contributed by atoms with van der Waals surface area (Å²) in [4.78, 5) is 2.86. The summed E-state index contributed by atoms with van der Waals surface area (Å²) >= 11 is 0. The summed E-state index contributed by atoms with van der Waals surface area (Å²) in [7, 11) is 0. The third-order valence-corrected chi connectivity index (χ3v) is 3.64. The van der Waals surface area contributed by atoms with E-state index in [0.717, 1.165) is 18.0 Å². The fourth-order valence-corrected chi connectivity index (χ4v) is 2.65. The molecular weight excluding hydrogens is 422 g/mol. The van der Waals surface area contributed by atoms with Crippen LogP contribution >= 0.6 is 0 Å². The number of para-hydroxylation sites is 1. The monoisotopic (exact) mass is 427 g/mol. The van der Waals surface area contributed by atoms with E-state index in [1.54, 1.807) is 0 Å². The van der Waals surface area contributed by atoms with Crippen LogP contribution in [0.25, 0.3) is 0 Å². The van der Waals surface area contributed by atoms with E-state index >= 15 is 0 Å². The molecule has 0 unspecified atom stereocenters. The van der Waals surface area contributed by atoms with Crippen LogP contribution in [0, 0.1) is 5.41 Å². The summed E-state index contributed by atoms with van der Waals surface area (Å²) < 4.78 is 157. The number of benzene rings is 1. The lowest BCUT2D eigenvalue weighted by atomic mass is 9.86. The quantitative estimate of drug-likeness (QED) is 0.292. The molecule has 1 aliphatic carbocycles. The molecule has 0 heterocycles. The Morgan fingerprint density at radius 1 is 0.714 bits per heavy atom. The predicted molar refractivity (Wildman–Crippen MR) is 70.7 cm³/mol. The molecule has 0 saturated heterocycles. The van der Waals surface area contributed by atoms with Gasteiger partial charge >= 0.3 is 24.7 Å². The molecule has 0 amide bonds. The molecule has 0 bridgehead atoms. The fraction of sp³-hybridized carbons (Fsp3) is 0.333. The van der Waals surface area contributed by atoms with Crippen LogP contribution in [0.3, 0.4) is 0 Å². The van der Waals surface area contributed by atoms with Crippen LogP contribution in [-0.4, -0.2) is 30.6 Å². The molecule has 28 heavy (non-hydrogen) atoms. The Hall–Kier alpha value is -2.43. The highest BCUT2D eigenvalue weighted by molar-refractivity contribution is 5.77. The molecule has 0 aromatic heterocycles. The van der Waals surface area contributed by atoms with Crippen molar-refractivity contribution in [3.63, 3.8) is 0 Å². The summed E-state index contributed by atoms with van der Waals surface area (Å²) in [5.41, 5.74) is -16.0. The topological polar surface area (TPSA) is 12.4 Å². The minimum Gasteiger partial charge on any atom is -0.206 e. The number of nitrogens with zero attached hydrogens (tertiary/aromatic N) is 1. The van der Waals surface area contributed by atoms with Crippen LogP contribution in [0.1, 0.15) is 0 Å². The van der Waals surface area contributed by atoms with Gasteiger partial charge in [0.15, 0.2) is 5.41 Å². The molecule has 154 valence electrons. The van der Waals surface area contributed by atoms with Crippen molar-refractivity contribution in [3.05, 3.63) is 47.1 Å². The first-order chi connectivity index (χ1) is 12.4. The van der Waals surface area contributed by atoms with Crippen molar-refractivity contribution in [1.82, 2.24) is 0 Å². The van der Waals surface area contributed by atoms with Gasteiger partial charge in [-0.2, -0.15) is 52.7 Å². The maximum Gasteiger partial charge on any atom is 0.422 e. The molecule has 1 aromatic carbocycles. The van der Waals surface area contributed by atoms with Gasteiger partial charge in [-0.05, 0) is 18.0 Å². The molecule has 0 fully saturated rings. The van der Waals surface area contributed by atoms with Crippen LogP contribution in [-0.2, 0) is 0 Å². The number of hydrogen-bond acceptors (Lipinski definition) is 1. The SMILES string of the molecule is FC(F)(F)C(=C=Nc1ccccc1)C1(C(F)(F)F)C(C(F)(F)F)=C1C(F)(F)F. The van der Waals surface area contributed by atoms with E-state index in [4.69, 9.17) is 0 Å². The molecule has 2 rings (SSSR count). The van der Waals surface area contributed by atoms with Crippen LogP contribution in [0.15, 0.2) is 52.0 Å². The van der Waals surface area contributed by atoms with E-state index in [2.05, 4.69) is 4.99 Å². The van der Waals surface area contributed by atoms with Gasteiger partial charge in [0.25, 0.3) is 0 Å². The average molecular weight is 427 g/mol. The lowest BCUT2D eigenvalue weighted by Gasteiger charge is -2.27. The number of hydrogen-bond donors (Lipinski definition) is 0. The predicted octanol–water partition coefficient (Wildman–Crippen LogP) is 6.46. The van der Waals surface area contributed by atoms with E-state index < -0.39 is 52.5 Å². The summed E-state index contributed by atoms with van der Waals surface area (Å²) in [6.45, 7) is 0. The Balaban J connectivity index is 2.86. The van der Waals surface area contributed by atoms with Crippen LogP contribution in [0.2, 0.25) is 0 Å². The van der Waals surface area contributed by atoms with Crippen molar-refractivity contribution in [1.29, 1.82) is 0 Å². The molecule has 0 N–H and O–H groups in total. The molecule has 1 aromatic rings. The van der Waals surface area contributed by atoms with Crippen LogP contribution in [0.5, 0.6) is 0 Å². The van der Waals surface area contributed by atoms with Crippen LogP contribution < -0.4 is 0 Å². The number of allylic oxidation sites excluding steroid dienone is 3. The van der Waals surface area contributed by atoms with Gasteiger partial charge in [0.1, 0.15) is 5.57 Å². The largest absolute Gasteiger partial charge is 0.422 e. The summed E-state index contributed by atoms with van der Waals surface area (Å²) in [5, 5.41) is 0. The third kappa shape index (κ3) is 3.62.